The zero-order valence-corrected chi connectivity index (χ0v) is 15.4. The number of thioether (sulfide) groups is 1. The lowest BCUT2D eigenvalue weighted by Gasteiger charge is -2.21. The molecule has 1 aromatic heterocycles. The normalized spacial score (nSPS) is 13.2. The van der Waals surface area contributed by atoms with E-state index in [0.29, 0.717) is 17.3 Å². The van der Waals surface area contributed by atoms with Crippen molar-refractivity contribution in [2.45, 2.75) is 51.2 Å². The van der Waals surface area contributed by atoms with Crippen LogP contribution in [0.4, 0.5) is 0 Å². The maximum atomic E-state index is 12.1. The van der Waals surface area contributed by atoms with Crippen molar-refractivity contribution in [3.63, 3.8) is 0 Å². The Kier molecular flexibility index (Phi) is 8.53. The molecule has 0 aliphatic rings. The van der Waals surface area contributed by atoms with Crippen molar-refractivity contribution >= 4 is 23.6 Å². The number of methoxy groups -OCH3 is 1. The zero-order valence-electron chi connectivity index (χ0n) is 14.5. The van der Waals surface area contributed by atoms with Gasteiger partial charge in [0.25, 0.3) is 5.56 Å². The van der Waals surface area contributed by atoms with Crippen LogP contribution in [0.25, 0.3) is 0 Å². The van der Waals surface area contributed by atoms with E-state index >= 15 is 0 Å². The molecule has 24 heavy (non-hydrogen) atoms. The summed E-state index contributed by atoms with van der Waals surface area (Å²) in [6.45, 7) is 5.82. The smallest absolute Gasteiger partial charge is 0.328 e. The lowest BCUT2D eigenvalue weighted by Crippen LogP contribution is -2.46. The lowest BCUT2D eigenvalue weighted by atomic mass is 9.99. The number of rotatable bonds is 9. The van der Waals surface area contributed by atoms with Crippen molar-refractivity contribution in [2.24, 2.45) is 5.92 Å². The lowest BCUT2D eigenvalue weighted by molar-refractivity contribution is -0.146. The van der Waals surface area contributed by atoms with Crippen molar-refractivity contribution in [1.82, 2.24) is 15.3 Å². The second kappa shape index (κ2) is 10.1. The second-order valence-electron chi connectivity index (χ2n) is 5.53. The van der Waals surface area contributed by atoms with Crippen molar-refractivity contribution in [1.29, 1.82) is 0 Å². The molecule has 0 saturated heterocycles. The number of H-pyrrole nitrogens is 1. The Labute approximate surface area is 146 Å². The summed E-state index contributed by atoms with van der Waals surface area (Å²) in [5, 5.41) is 3.09. The Morgan fingerprint density at radius 1 is 1.42 bits per heavy atom. The molecule has 8 heteroatoms. The van der Waals surface area contributed by atoms with Gasteiger partial charge in [0, 0.05) is 11.8 Å². The van der Waals surface area contributed by atoms with E-state index in [1.165, 1.54) is 13.2 Å². The number of aromatic amines is 1. The van der Waals surface area contributed by atoms with E-state index in [1.54, 1.807) is 0 Å². The first-order chi connectivity index (χ1) is 11.4. The highest BCUT2D eigenvalue weighted by molar-refractivity contribution is 7.99. The number of amides is 1. The number of nitrogens with zero attached hydrogens (tertiary/aromatic N) is 1. The SMILES string of the molecule is CCCc1cc(=O)[nH]c(SCC(=O)N[C@H](C(=O)OC)[C@H](C)CC)n1. The molecule has 1 amide bonds. The van der Waals surface area contributed by atoms with Crippen LogP contribution in [-0.2, 0) is 20.7 Å². The molecular weight excluding hydrogens is 330 g/mol. The van der Waals surface area contributed by atoms with Gasteiger partial charge in [-0.25, -0.2) is 9.78 Å². The van der Waals surface area contributed by atoms with Crippen LogP contribution in [0.1, 0.15) is 39.3 Å². The molecule has 2 atom stereocenters. The maximum absolute atomic E-state index is 12.1. The van der Waals surface area contributed by atoms with Crippen molar-refractivity contribution in [2.75, 3.05) is 12.9 Å². The van der Waals surface area contributed by atoms with Crippen LogP contribution in [0.3, 0.4) is 0 Å². The number of esters is 1. The first-order valence-electron chi connectivity index (χ1n) is 8.01. The Hall–Kier alpha value is -1.83. The van der Waals surface area contributed by atoms with E-state index in [-0.39, 0.29) is 23.1 Å². The van der Waals surface area contributed by atoms with Gasteiger partial charge in [-0.15, -0.1) is 0 Å². The highest BCUT2D eigenvalue weighted by atomic mass is 32.2. The van der Waals surface area contributed by atoms with Crippen LogP contribution in [-0.4, -0.2) is 40.7 Å². The standard InChI is InChI=1S/C16H25N3O4S/c1-5-7-11-8-12(20)19-16(17-11)24-9-13(21)18-14(10(3)6-2)15(22)23-4/h8,10,14H,5-7,9H2,1-4H3,(H,18,21)(H,17,19,20)/t10-,14+/m1/s1. The predicted molar refractivity (Wildman–Crippen MR) is 93.0 cm³/mol. The molecule has 0 aromatic carbocycles. The van der Waals surface area contributed by atoms with Gasteiger partial charge in [0.2, 0.25) is 5.91 Å². The number of carbonyl (C=O) groups excluding carboxylic acids is 2. The number of carbonyl (C=O) groups is 2. The van der Waals surface area contributed by atoms with E-state index in [4.69, 9.17) is 4.74 Å². The average Bonchev–Trinajstić information content (AvgIpc) is 2.56. The van der Waals surface area contributed by atoms with Gasteiger partial charge in [-0.05, 0) is 12.3 Å². The Morgan fingerprint density at radius 2 is 2.12 bits per heavy atom. The zero-order chi connectivity index (χ0) is 18.1. The second-order valence-corrected chi connectivity index (χ2v) is 6.50. The molecule has 7 nitrogen and oxygen atoms in total. The summed E-state index contributed by atoms with van der Waals surface area (Å²) in [5.74, 6) is -0.738. The van der Waals surface area contributed by atoms with Gasteiger partial charge >= 0.3 is 5.97 Å². The highest BCUT2D eigenvalue weighted by Gasteiger charge is 2.26. The summed E-state index contributed by atoms with van der Waals surface area (Å²) in [6, 6.07) is 0.788. The number of hydrogen-bond acceptors (Lipinski definition) is 6. The number of aryl methyl sites for hydroxylation is 1. The van der Waals surface area contributed by atoms with Gasteiger partial charge in [-0.2, -0.15) is 0 Å². The molecule has 0 fully saturated rings. The minimum atomic E-state index is -0.675. The van der Waals surface area contributed by atoms with Crippen LogP contribution in [0.2, 0.25) is 0 Å². The van der Waals surface area contributed by atoms with Crippen molar-refractivity contribution in [3.8, 4) is 0 Å². The van der Waals surface area contributed by atoms with Crippen molar-refractivity contribution in [3.05, 3.63) is 22.1 Å². The summed E-state index contributed by atoms with van der Waals surface area (Å²) in [7, 11) is 1.30. The molecule has 0 aliphatic carbocycles. The van der Waals surface area contributed by atoms with Gasteiger partial charge < -0.3 is 15.0 Å². The van der Waals surface area contributed by atoms with Gasteiger partial charge in [0.1, 0.15) is 6.04 Å². The molecule has 0 saturated carbocycles. The van der Waals surface area contributed by atoms with E-state index < -0.39 is 12.0 Å². The quantitative estimate of drug-likeness (QED) is 0.396. The minimum absolute atomic E-state index is 0.0304. The molecule has 0 spiro atoms. The third kappa shape index (κ3) is 6.35. The molecule has 0 unspecified atom stereocenters. The molecular formula is C16H25N3O4S. The van der Waals surface area contributed by atoms with Crippen LogP contribution >= 0.6 is 11.8 Å². The van der Waals surface area contributed by atoms with Crippen LogP contribution < -0.4 is 10.9 Å². The highest BCUT2D eigenvalue weighted by Crippen LogP contribution is 2.13. The molecule has 0 aliphatic heterocycles. The average molecular weight is 355 g/mol. The number of hydrogen-bond donors (Lipinski definition) is 2. The Bertz CT molecular complexity index is 618. The van der Waals surface area contributed by atoms with E-state index in [2.05, 4.69) is 15.3 Å². The summed E-state index contributed by atoms with van der Waals surface area (Å²) < 4.78 is 4.74. The molecule has 0 radical (unpaired) electrons. The summed E-state index contributed by atoms with van der Waals surface area (Å²) in [5.41, 5.74) is 0.472. The van der Waals surface area contributed by atoms with E-state index in [1.807, 2.05) is 20.8 Å². The first-order valence-corrected chi connectivity index (χ1v) is 9.00. The summed E-state index contributed by atoms with van der Waals surface area (Å²) in [6.07, 6.45) is 2.33. The third-order valence-corrected chi connectivity index (χ3v) is 4.48. The van der Waals surface area contributed by atoms with Gasteiger partial charge in [0.15, 0.2) is 5.16 Å². The largest absolute Gasteiger partial charge is 0.467 e. The minimum Gasteiger partial charge on any atom is -0.467 e. The van der Waals surface area contributed by atoms with E-state index in [0.717, 1.165) is 24.6 Å². The first kappa shape index (κ1) is 20.2. The number of aromatic nitrogens is 2. The summed E-state index contributed by atoms with van der Waals surface area (Å²) >= 11 is 1.13. The van der Waals surface area contributed by atoms with Gasteiger partial charge in [-0.1, -0.05) is 45.4 Å². The monoisotopic (exact) mass is 355 g/mol. The van der Waals surface area contributed by atoms with Crippen LogP contribution in [0, 0.1) is 5.92 Å². The molecule has 1 heterocycles. The van der Waals surface area contributed by atoms with Crippen LogP contribution in [0.5, 0.6) is 0 Å². The molecule has 134 valence electrons. The molecule has 1 rings (SSSR count). The van der Waals surface area contributed by atoms with Crippen molar-refractivity contribution < 1.29 is 14.3 Å². The maximum Gasteiger partial charge on any atom is 0.328 e. The number of nitrogens with one attached hydrogen (secondary N) is 2. The Balaban J connectivity index is 2.68. The fourth-order valence-electron chi connectivity index (χ4n) is 2.08. The molecule has 2 N–H and O–H groups in total. The fraction of sp³-hybridized carbons (Fsp3) is 0.625. The van der Waals surface area contributed by atoms with Gasteiger partial charge in [0.05, 0.1) is 12.9 Å². The topological polar surface area (TPSA) is 101 Å². The Morgan fingerprint density at radius 3 is 2.71 bits per heavy atom. The predicted octanol–water partition coefficient (Wildman–Crippen LogP) is 1.52. The fourth-order valence-corrected chi connectivity index (χ4v) is 2.79. The van der Waals surface area contributed by atoms with Crippen LogP contribution in [0.15, 0.2) is 16.0 Å². The number of ether oxygens (including phenoxy) is 1. The summed E-state index contributed by atoms with van der Waals surface area (Å²) in [4.78, 5) is 42.4. The van der Waals surface area contributed by atoms with Gasteiger partial charge in [-0.3, -0.25) is 9.59 Å². The van der Waals surface area contributed by atoms with E-state index in [9.17, 15) is 14.4 Å². The third-order valence-electron chi connectivity index (χ3n) is 3.60. The molecule has 1 aromatic rings. The molecule has 0 bridgehead atoms.